The third-order valence-electron chi connectivity index (χ3n) is 2.33. The largest absolute Gasteiger partial charge is 0.379 e. The molecule has 0 unspecified atom stereocenters. The highest BCUT2D eigenvalue weighted by molar-refractivity contribution is 4.48. The van der Waals surface area contributed by atoms with Crippen LogP contribution in [0.3, 0.4) is 0 Å². The Labute approximate surface area is 68.1 Å². The molecular weight excluding hydrogens is 142 g/mol. The van der Waals surface area contributed by atoms with Gasteiger partial charge >= 0.3 is 0 Å². The normalized spacial score (nSPS) is 23.5. The molecule has 1 aliphatic heterocycles. The Morgan fingerprint density at radius 3 is 2.45 bits per heavy atom. The minimum absolute atomic E-state index is 0.0200. The number of hydrogen-bond donors (Lipinski definition) is 0. The average Bonchev–Trinajstić information content (AvgIpc) is 2.03. The number of nitrogens with zero attached hydrogens (tertiary/aromatic N) is 1. The molecule has 0 N–H and O–H groups in total. The van der Waals surface area contributed by atoms with E-state index in [1.807, 2.05) is 0 Å². The highest BCUT2D eigenvalue weighted by Crippen LogP contribution is 2.15. The molecule has 11 heavy (non-hydrogen) atoms. The first kappa shape index (κ1) is 8.97. The van der Waals surface area contributed by atoms with Crippen molar-refractivity contribution in [2.75, 3.05) is 33.4 Å². The van der Waals surface area contributed by atoms with Crippen LogP contribution in [-0.2, 0) is 9.94 Å². The van der Waals surface area contributed by atoms with Crippen LogP contribution in [0.5, 0.6) is 0 Å². The molecule has 1 rings (SSSR count). The lowest BCUT2D eigenvalue weighted by Gasteiger charge is -2.29. The van der Waals surface area contributed by atoms with Crippen LogP contribution in [0.2, 0.25) is 0 Å². The summed E-state index contributed by atoms with van der Waals surface area (Å²) in [7, 11) is 1.65. The Hall–Kier alpha value is -0.120. The van der Waals surface area contributed by atoms with Crippen molar-refractivity contribution in [2.45, 2.75) is 19.3 Å². The summed E-state index contributed by atoms with van der Waals surface area (Å²) in [6.07, 6.45) is 3.41. The fraction of sp³-hybridized carbons (Fsp3) is 1.00. The summed E-state index contributed by atoms with van der Waals surface area (Å²) in [5, 5.41) is 11.7. The fourth-order valence-electron chi connectivity index (χ4n) is 1.57. The van der Waals surface area contributed by atoms with E-state index in [-0.39, 0.29) is 4.65 Å². The van der Waals surface area contributed by atoms with Crippen molar-refractivity contribution in [3.8, 4) is 0 Å². The van der Waals surface area contributed by atoms with Gasteiger partial charge in [-0.05, 0) is 19.3 Å². The SMILES string of the molecule is COCC[N+]1([O])CCCCC1. The molecular formula is C8H17NO2+. The first-order chi connectivity index (χ1) is 5.27. The summed E-state index contributed by atoms with van der Waals surface area (Å²) in [5.74, 6) is 0. The summed E-state index contributed by atoms with van der Waals surface area (Å²) >= 11 is 0. The van der Waals surface area contributed by atoms with Crippen LogP contribution in [0.15, 0.2) is 0 Å². The lowest BCUT2D eigenvalue weighted by Crippen LogP contribution is -2.49. The fourth-order valence-corrected chi connectivity index (χ4v) is 1.57. The van der Waals surface area contributed by atoms with Crippen molar-refractivity contribution >= 4 is 0 Å². The van der Waals surface area contributed by atoms with Crippen LogP contribution in [0, 0.1) is 0 Å². The maximum atomic E-state index is 11.7. The van der Waals surface area contributed by atoms with Gasteiger partial charge in [0.1, 0.15) is 19.6 Å². The van der Waals surface area contributed by atoms with Gasteiger partial charge in [-0.2, -0.15) is 0 Å². The lowest BCUT2D eigenvalue weighted by atomic mass is 10.1. The number of methoxy groups -OCH3 is 1. The zero-order valence-corrected chi connectivity index (χ0v) is 7.21. The second-order valence-corrected chi connectivity index (χ2v) is 3.28. The van der Waals surface area contributed by atoms with Crippen LogP contribution in [0.1, 0.15) is 19.3 Å². The van der Waals surface area contributed by atoms with Crippen LogP contribution in [0.4, 0.5) is 0 Å². The van der Waals surface area contributed by atoms with E-state index in [1.165, 1.54) is 6.42 Å². The van der Waals surface area contributed by atoms with E-state index < -0.39 is 0 Å². The van der Waals surface area contributed by atoms with Crippen molar-refractivity contribution in [3.63, 3.8) is 0 Å². The molecule has 0 spiro atoms. The van der Waals surface area contributed by atoms with E-state index in [9.17, 15) is 5.21 Å². The molecule has 3 heteroatoms. The number of ether oxygens (including phenoxy) is 1. The van der Waals surface area contributed by atoms with Crippen LogP contribution in [0.25, 0.3) is 0 Å². The summed E-state index contributed by atoms with van der Waals surface area (Å²) < 4.78 is 4.87. The number of quaternary nitrogens is 1. The van der Waals surface area contributed by atoms with Crippen molar-refractivity contribution in [3.05, 3.63) is 0 Å². The van der Waals surface area contributed by atoms with Gasteiger partial charge in [0.25, 0.3) is 0 Å². The van der Waals surface area contributed by atoms with Gasteiger partial charge < -0.3 is 4.74 Å². The molecule has 1 heterocycles. The van der Waals surface area contributed by atoms with Crippen LogP contribution >= 0.6 is 0 Å². The number of hydrogen-bond acceptors (Lipinski definition) is 1. The third-order valence-corrected chi connectivity index (χ3v) is 2.33. The minimum Gasteiger partial charge on any atom is -0.379 e. The molecule has 1 fully saturated rings. The molecule has 0 aromatic heterocycles. The molecule has 1 saturated heterocycles. The van der Waals surface area contributed by atoms with Gasteiger partial charge in [0.15, 0.2) is 0 Å². The van der Waals surface area contributed by atoms with E-state index in [2.05, 4.69) is 0 Å². The Morgan fingerprint density at radius 1 is 1.27 bits per heavy atom. The second-order valence-electron chi connectivity index (χ2n) is 3.28. The third kappa shape index (κ3) is 2.77. The van der Waals surface area contributed by atoms with E-state index >= 15 is 0 Å². The molecule has 0 aromatic carbocycles. The molecule has 1 aliphatic rings. The quantitative estimate of drug-likeness (QED) is 0.564. The van der Waals surface area contributed by atoms with E-state index in [0.29, 0.717) is 13.2 Å². The Morgan fingerprint density at radius 2 is 1.91 bits per heavy atom. The van der Waals surface area contributed by atoms with Crippen molar-refractivity contribution in [1.29, 1.82) is 0 Å². The molecule has 0 saturated carbocycles. The zero-order chi connectivity index (χ0) is 8.16. The minimum atomic E-state index is -0.0200. The highest BCUT2D eigenvalue weighted by Gasteiger charge is 2.29. The average molecular weight is 159 g/mol. The van der Waals surface area contributed by atoms with Crippen molar-refractivity contribution in [1.82, 2.24) is 0 Å². The first-order valence-electron chi connectivity index (χ1n) is 4.33. The van der Waals surface area contributed by atoms with Gasteiger partial charge in [-0.3, -0.25) is 0 Å². The Balaban J connectivity index is 2.25. The molecule has 0 bridgehead atoms. The summed E-state index contributed by atoms with van der Waals surface area (Å²) in [6.45, 7) is 2.83. The molecule has 1 radical (unpaired) electrons. The topological polar surface area (TPSA) is 29.1 Å². The number of likely N-dealkylation sites (tertiary alicyclic amines) is 1. The predicted molar refractivity (Wildman–Crippen MR) is 41.3 cm³/mol. The highest BCUT2D eigenvalue weighted by atomic mass is 16.6. The summed E-state index contributed by atoms with van der Waals surface area (Å²) in [6, 6.07) is 0. The summed E-state index contributed by atoms with van der Waals surface area (Å²) in [4.78, 5) is 0. The standard InChI is InChI=1S/C8H17NO2/c1-11-8-7-9(10)5-3-2-4-6-9/h2-8H2,1H3/q+1. The van der Waals surface area contributed by atoms with Crippen molar-refractivity contribution < 1.29 is 14.6 Å². The molecule has 65 valence electrons. The molecule has 0 aromatic rings. The van der Waals surface area contributed by atoms with Gasteiger partial charge in [-0.1, -0.05) is 0 Å². The van der Waals surface area contributed by atoms with Gasteiger partial charge in [0, 0.05) is 12.3 Å². The van der Waals surface area contributed by atoms with E-state index in [4.69, 9.17) is 4.74 Å². The first-order valence-corrected chi connectivity index (χ1v) is 4.33. The van der Waals surface area contributed by atoms with Gasteiger partial charge in [0.05, 0.1) is 6.61 Å². The second kappa shape index (κ2) is 4.04. The van der Waals surface area contributed by atoms with Crippen molar-refractivity contribution in [2.24, 2.45) is 0 Å². The molecule has 0 amide bonds. The Kier molecular flexibility index (Phi) is 3.30. The molecule has 0 aliphatic carbocycles. The van der Waals surface area contributed by atoms with Gasteiger partial charge in [-0.15, -0.1) is 4.65 Å². The monoisotopic (exact) mass is 159 g/mol. The zero-order valence-electron chi connectivity index (χ0n) is 7.21. The summed E-state index contributed by atoms with van der Waals surface area (Å²) in [5.41, 5.74) is 0. The predicted octanol–water partition coefficient (Wildman–Crippen LogP) is 0.979. The number of rotatable bonds is 3. The van der Waals surface area contributed by atoms with E-state index in [1.54, 1.807) is 7.11 Å². The van der Waals surface area contributed by atoms with Crippen LogP contribution in [-0.4, -0.2) is 38.0 Å². The number of piperidine rings is 1. The van der Waals surface area contributed by atoms with Gasteiger partial charge in [0.2, 0.25) is 0 Å². The maximum Gasteiger partial charge on any atom is 0.135 e. The van der Waals surface area contributed by atoms with Crippen LogP contribution < -0.4 is 0 Å². The lowest BCUT2D eigenvalue weighted by molar-refractivity contribution is -1.13. The number of hydroxylamine groups is 3. The molecule has 0 atom stereocenters. The molecule has 3 nitrogen and oxygen atoms in total. The smallest absolute Gasteiger partial charge is 0.135 e. The maximum absolute atomic E-state index is 11.7. The Bertz CT molecular complexity index is 111. The van der Waals surface area contributed by atoms with Gasteiger partial charge in [-0.25, -0.2) is 0 Å². The van der Waals surface area contributed by atoms with E-state index in [0.717, 1.165) is 25.9 Å².